The van der Waals surface area contributed by atoms with E-state index in [1.165, 1.54) is 12.0 Å². The number of benzene rings is 1. The second-order valence-corrected chi connectivity index (χ2v) is 11.9. The predicted octanol–water partition coefficient (Wildman–Crippen LogP) is 5.56. The van der Waals surface area contributed by atoms with Crippen LogP contribution in [0.1, 0.15) is 79.9 Å². The molecule has 1 aliphatic carbocycles. The molecule has 2 saturated heterocycles. The fraction of sp³-hybridized carbons (Fsp3) is 0.500. The minimum Gasteiger partial charge on any atom is -0.381 e. The van der Waals surface area contributed by atoms with Gasteiger partial charge in [0, 0.05) is 54.3 Å². The van der Waals surface area contributed by atoms with E-state index >= 15 is 0 Å². The SMILES string of the molecule is Cc1nn(C2CCOCC2)c(C)c1-c1cc2cnc(Nc3ccc(C4CCNC4)cc3)nc2n(C2CCCC2)c1=O. The highest BCUT2D eigenvalue weighted by atomic mass is 16.5. The zero-order chi connectivity index (χ0) is 27.9. The number of aryl methyl sites for hydroxylation is 1. The Morgan fingerprint density at radius 3 is 2.51 bits per heavy atom. The minimum atomic E-state index is 0.0151. The largest absolute Gasteiger partial charge is 0.381 e. The highest BCUT2D eigenvalue weighted by Crippen LogP contribution is 2.35. The zero-order valence-corrected chi connectivity index (χ0v) is 24.0. The average Bonchev–Trinajstić information content (AvgIpc) is 3.77. The van der Waals surface area contributed by atoms with Crippen LogP contribution in [0.4, 0.5) is 11.6 Å². The molecule has 9 heteroatoms. The molecular weight excluding hydrogens is 514 g/mol. The van der Waals surface area contributed by atoms with Crippen molar-refractivity contribution in [2.45, 2.75) is 76.8 Å². The van der Waals surface area contributed by atoms with Crippen LogP contribution in [0.3, 0.4) is 0 Å². The van der Waals surface area contributed by atoms with Crippen LogP contribution in [0.5, 0.6) is 0 Å². The van der Waals surface area contributed by atoms with Crippen molar-refractivity contribution in [3.63, 3.8) is 0 Å². The van der Waals surface area contributed by atoms with Crippen LogP contribution >= 0.6 is 0 Å². The van der Waals surface area contributed by atoms with Gasteiger partial charge in [-0.15, -0.1) is 0 Å². The molecule has 1 aromatic carbocycles. The van der Waals surface area contributed by atoms with Gasteiger partial charge in [0.1, 0.15) is 5.65 Å². The Kier molecular flexibility index (Phi) is 7.08. The summed E-state index contributed by atoms with van der Waals surface area (Å²) in [7, 11) is 0. The first-order chi connectivity index (χ1) is 20.1. The Hall–Kier alpha value is -3.56. The number of anilines is 2. The minimum absolute atomic E-state index is 0.0151. The number of nitrogens with one attached hydrogen (secondary N) is 2. The number of ether oxygens (including phenoxy) is 1. The van der Waals surface area contributed by atoms with Gasteiger partial charge in [0.2, 0.25) is 5.95 Å². The molecular formula is C32H39N7O2. The van der Waals surface area contributed by atoms with Gasteiger partial charge in [-0.2, -0.15) is 10.1 Å². The Labute approximate surface area is 240 Å². The van der Waals surface area contributed by atoms with Gasteiger partial charge in [0.25, 0.3) is 5.56 Å². The normalized spacial score (nSPS) is 20.3. The molecule has 3 aromatic heterocycles. The summed E-state index contributed by atoms with van der Waals surface area (Å²) in [6, 6.07) is 11.0. The van der Waals surface area contributed by atoms with Gasteiger partial charge in [-0.25, -0.2) is 4.98 Å². The highest BCUT2D eigenvalue weighted by Gasteiger charge is 2.27. The van der Waals surface area contributed by atoms with Crippen molar-refractivity contribution >= 4 is 22.7 Å². The van der Waals surface area contributed by atoms with Crippen molar-refractivity contribution < 1.29 is 4.74 Å². The summed E-state index contributed by atoms with van der Waals surface area (Å²) in [5.74, 6) is 1.08. The lowest BCUT2D eigenvalue weighted by atomic mass is 9.98. The third-order valence-corrected chi connectivity index (χ3v) is 9.29. The first kappa shape index (κ1) is 26.3. The Bertz CT molecular complexity index is 1610. The Balaban J connectivity index is 1.27. The molecule has 0 amide bonds. The molecule has 3 aliphatic rings. The summed E-state index contributed by atoms with van der Waals surface area (Å²) < 4.78 is 9.65. The maximum atomic E-state index is 14.3. The van der Waals surface area contributed by atoms with Crippen molar-refractivity contribution in [3.05, 3.63) is 63.8 Å². The molecule has 2 N–H and O–H groups in total. The lowest BCUT2D eigenvalue weighted by Crippen LogP contribution is -2.26. The van der Waals surface area contributed by atoms with Crippen LogP contribution in [0.2, 0.25) is 0 Å². The van der Waals surface area contributed by atoms with E-state index in [0.717, 1.165) is 92.9 Å². The molecule has 1 atom stereocenters. The number of aromatic nitrogens is 5. The van der Waals surface area contributed by atoms with E-state index in [4.69, 9.17) is 14.8 Å². The summed E-state index contributed by atoms with van der Waals surface area (Å²) in [5, 5.41) is 12.6. The summed E-state index contributed by atoms with van der Waals surface area (Å²) in [4.78, 5) is 23.9. The van der Waals surface area contributed by atoms with Gasteiger partial charge in [-0.05, 0) is 82.2 Å². The van der Waals surface area contributed by atoms with Crippen LogP contribution in [0, 0.1) is 13.8 Å². The number of hydrogen-bond acceptors (Lipinski definition) is 7. The summed E-state index contributed by atoms with van der Waals surface area (Å²) >= 11 is 0. The van der Waals surface area contributed by atoms with E-state index in [1.807, 2.05) is 23.8 Å². The Morgan fingerprint density at radius 1 is 1.00 bits per heavy atom. The molecule has 5 heterocycles. The highest BCUT2D eigenvalue weighted by molar-refractivity contribution is 5.83. The first-order valence-corrected chi connectivity index (χ1v) is 15.2. The quantitative estimate of drug-likeness (QED) is 0.323. The molecule has 214 valence electrons. The standard InChI is InChI=1S/C32H39N7O2/c1-20-29(21(2)39(37-20)27-12-15-41-16-13-27)28-17-24-19-34-32(36-30(24)38(31(28)40)26-5-3-4-6-26)35-25-9-7-22(8-10-25)23-11-14-33-18-23/h7-10,17,19,23,26-27,33H,3-6,11-16,18H2,1-2H3,(H,34,35,36). The molecule has 0 radical (unpaired) electrons. The molecule has 1 unspecified atom stereocenters. The summed E-state index contributed by atoms with van der Waals surface area (Å²) in [6.07, 6.45) is 9.14. The number of nitrogens with zero attached hydrogens (tertiary/aromatic N) is 5. The number of pyridine rings is 1. The van der Waals surface area contributed by atoms with Crippen molar-refractivity contribution in [2.75, 3.05) is 31.6 Å². The fourth-order valence-corrected chi connectivity index (χ4v) is 7.11. The van der Waals surface area contributed by atoms with Crippen molar-refractivity contribution in [1.29, 1.82) is 0 Å². The number of rotatable bonds is 6. The number of hydrogen-bond donors (Lipinski definition) is 2. The molecule has 4 aromatic rings. The third-order valence-electron chi connectivity index (χ3n) is 9.29. The van der Waals surface area contributed by atoms with E-state index < -0.39 is 0 Å². The lowest BCUT2D eigenvalue weighted by molar-refractivity contribution is 0.0656. The molecule has 0 spiro atoms. The summed E-state index contributed by atoms with van der Waals surface area (Å²) in [6.45, 7) is 7.72. The van der Waals surface area contributed by atoms with Gasteiger partial charge >= 0.3 is 0 Å². The molecule has 1 saturated carbocycles. The van der Waals surface area contributed by atoms with Crippen molar-refractivity contribution in [1.82, 2.24) is 29.6 Å². The van der Waals surface area contributed by atoms with Crippen LogP contribution in [0.15, 0.2) is 41.3 Å². The van der Waals surface area contributed by atoms with Crippen molar-refractivity contribution in [3.8, 4) is 11.1 Å². The second kappa shape index (κ2) is 11.0. The van der Waals surface area contributed by atoms with Crippen LogP contribution < -0.4 is 16.2 Å². The van der Waals surface area contributed by atoms with E-state index in [-0.39, 0.29) is 11.6 Å². The molecule has 3 fully saturated rings. The Morgan fingerprint density at radius 2 is 1.78 bits per heavy atom. The topological polar surface area (TPSA) is 98.9 Å². The molecule has 7 rings (SSSR count). The van der Waals surface area contributed by atoms with Gasteiger partial charge in [-0.3, -0.25) is 14.0 Å². The van der Waals surface area contributed by atoms with Crippen LogP contribution in [0.25, 0.3) is 22.2 Å². The smallest absolute Gasteiger partial charge is 0.260 e. The predicted molar refractivity (Wildman–Crippen MR) is 161 cm³/mol. The molecule has 9 nitrogen and oxygen atoms in total. The van der Waals surface area contributed by atoms with E-state index in [0.29, 0.717) is 29.1 Å². The molecule has 41 heavy (non-hydrogen) atoms. The maximum absolute atomic E-state index is 14.3. The third kappa shape index (κ3) is 4.95. The van der Waals surface area contributed by atoms with E-state index in [1.54, 1.807) is 0 Å². The van der Waals surface area contributed by atoms with Gasteiger partial charge in [0.15, 0.2) is 0 Å². The molecule has 0 bridgehead atoms. The van der Waals surface area contributed by atoms with Crippen LogP contribution in [-0.4, -0.2) is 50.6 Å². The van der Waals surface area contributed by atoms with Gasteiger partial charge < -0.3 is 15.4 Å². The summed E-state index contributed by atoms with van der Waals surface area (Å²) in [5.41, 5.74) is 6.57. The number of fused-ring (bicyclic) bond motifs is 1. The van der Waals surface area contributed by atoms with Gasteiger partial charge in [-0.1, -0.05) is 25.0 Å². The first-order valence-electron chi connectivity index (χ1n) is 15.2. The second-order valence-electron chi connectivity index (χ2n) is 11.9. The molecule has 2 aliphatic heterocycles. The van der Waals surface area contributed by atoms with Crippen LogP contribution in [-0.2, 0) is 4.74 Å². The zero-order valence-electron chi connectivity index (χ0n) is 24.0. The average molecular weight is 554 g/mol. The fourth-order valence-electron chi connectivity index (χ4n) is 7.11. The maximum Gasteiger partial charge on any atom is 0.260 e. The lowest BCUT2D eigenvalue weighted by Gasteiger charge is -2.23. The van der Waals surface area contributed by atoms with Gasteiger partial charge in [0.05, 0.1) is 17.3 Å². The van der Waals surface area contributed by atoms with E-state index in [9.17, 15) is 4.79 Å². The van der Waals surface area contributed by atoms with Crippen molar-refractivity contribution in [2.24, 2.45) is 0 Å². The van der Waals surface area contributed by atoms with E-state index in [2.05, 4.69) is 51.5 Å². The monoisotopic (exact) mass is 553 g/mol.